The Labute approximate surface area is 134 Å². The van der Waals surface area contributed by atoms with Crippen molar-refractivity contribution in [2.24, 2.45) is 0 Å². The van der Waals surface area contributed by atoms with Crippen LogP contribution in [0.2, 0.25) is 0 Å². The quantitative estimate of drug-likeness (QED) is 0.362. The molecule has 0 aliphatic heterocycles. The number of hydrazine groups is 1. The minimum atomic E-state index is -0.216. The maximum absolute atomic E-state index is 11.8. The van der Waals surface area contributed by atoms with E-state index in [2.05, 4.69) is 10.7 Å². The summed E-state index contributed by atoms with van der Waals surface area (Å²) in [7, 11) is 3.36. The number of rotatable bonds is 6. The number of carbonyl (C=O) groups excluding carboxylic acids is 1. The van der Waals surface area contributed by atoms with Crippen molar-refractivity contribution in [2.75, 3.05) is 27.3 Å². The zero-order valence-electron chi connectivity index (χ0n) is 12.5. The second-order valence-electron chi connectivity index (χ2n) is 4.41. The molecule has 5 nitrogen and oxygen atoms in total. The number of hydrogen-bond donors (Lipinski definition) is 2. The number of amides is 1. The Bertz CT molecular complexity index is 500. The van der Waals surface area contributed by atoms with Gasteiger partial charge in [-0.15, -0.1) is 11.3 Å². The molecule has 0 fully saturated rings. The van der Waals surface area contributed by atoms with Gasteiger partial charge in [0.2, 0.25) is 0 Å². The Morgan fingerprint density at radius 1 is 1.57 bits per heavy atom. The lowest BCUT2D eigenvalue weighted by Gasteiger charge is -2.20. The van der Waals surface area contributed by atoms with Crippen molar-refractivity contribution < 1.29 is 9.53 Å². The molecule has 1 aromatic rings. The van der Waals surface area contributed by atoms with Crippen molar-refractivity contribution in [1.29, 1.82) is 0 Å². The summed E-state index contributed by atoms with van der Waals surface area (Å²) in [6.07, 6.45) is 4.16. The van der Waals surface area contributed by atoms with Crippen molar-refractivity contribution in [3.63, 3.8) is 0 Å². The normalized spacial score (nSPS) is 10.6. The van der Waals surface area contributed by atoms with E-state index in [-0.39, 0.29) is 5.91 Å². The van der Waals surface area contributed by atoms with Crippen molar-refractivity contribution in [3.8, 4) is 0 Å². The van der Waals surface area contributed by atoms with Gasteiger partial charge in [-0.3, -0.25) is 15.2 Å². The summed E-state index contributed by atoms with van der Waals surface area (Å²) in [6.45, 7) is 3.39. The molecule has 1 rings (SSSR count). The van der Waals surface area contributed by atoms with E-state index < -0.39 is 0 Å². The number of hydrogen-bond acceptors (Lipinski definition) is 4. The van der Waals surface area contributed by atoms with Crippen LogP contribution in [-0.4, -0.2) is 43.3 Å². The average molecular weight is 327 g/mol. The largest absolute Gasteiger partial charge is 0.385 e. The molecule has 116 valence electrons. The molecular weight excluding hydrogens is 306 g/mol. The van der Waals surface area contributed by atoms with Crippen LogP contribution in [0.3, 0.4) is 0 Å². The van der Waals surface area contributed by atoms with E-state index in [0.717, 1.165) is 16.9 Å². The summed E-state index contributed by atoms with van der Waals surface area (Å²) in [6, 6.07) is 2.02. The minimum Gasteiger partial charge on any atom is -0.385 e. The van der Waals surface area contributed by atoms with E-state index in [1.165, 1.54) is 11.1 Å². The zero-order chi connectivity index (χ0) is 15.7. The number of carbonyl (C=O) groups is 1. The van der Waals surface area contributed by atoms with Crippen molar-refractivity contribution >= 4 is 40.7 Å². The third-order valence-corrected chi connectivity index (χ3v) is 4.07. The molecule has 1 amide bonds. The van der Waals surface area contributed by atoms with Gasteiger partial charge in [0.25, 0.3) is 5.91 Å². The highest BCUT2D eigenvalue weighted by Crippen LogP contribution is 2.16. The molecule has 7 heteroatoms. The lowest BCUT2D eigenvalue weighted by molar-refractivity contribution is -0.119. The first kappa shape index (κ1) is 17.6. The first-order valence-corrected chi connectivity index (χ1v) is 7.86. The summed E-state index contributed by atoms with van der Waals surface area (Å²) < 4.78 is 4.95. The SMILES string of the molecule is COCCCNC(=S)N(C)NC(=O)/C=C/c1sccc1C. The Morgan fingerprint density at radius 2 is 2.33 bits per heavy atom. The summed E-state index contributed by atoms with van der Waals surface area (Å²) in [5.41, 5.74) is 3.84. The number of nitrogens with one attached hydrogen (secondary N) is 2. The van der Waals surface area contributed by atoms with E-state index in [1.807, 2.05) is 18.4 Å². The van der Waals surface area contributed by atoms with Gasteiger partial charge in [-0.2, -0.15) is 0 Å². The molecule has 0 unspecified atom stereocenters. The predicted molar refractivity (Wildman–Crippen MR) is 91.1 cm³/mol. The van der Waals surface area contributed by atoms with E-state index in [1.54, 1.807) is 31.6 Å². The van der Waals surface area contributed by atoms with Crippen LogP contribution in [0.15, 0.2) is 17.5 Å². The molecule has 0 radical (unpaired) electrons. The fraction of sp³-hybridized carbons (Fsp3) is 0.429. The second kappa shape index (κ2) is 9.49. The highest BCUT2D eigenvalue weighted by molar-refractivity contribution is 7.80. The van der Waals surface area contributed by atoms with Crippen LogP contribution < -0.4 is 10.7 Å². The summed E-state index contributed by atoms with van der Waals surface area (Å²) in [5.74, 6) is -0.216. The molecular formula is C14H21N3O2S2. The number of thiocarbonyl (C=S) groups is 1. The number of thiophene rings is 1. The molecule has 0 aliphatic carbocycles. The van der Waals surface area contributed by atoms with Crippen LogP contribution in [0.25, 0.3) is 6.08 Å². The van der Waals surface area contributed by atoms with Gasteiger partial charge in [0.1, 0.15) is 0 Å². The summed E-state index contributed by atoms with van der Waals surface area (Å²) in [5, 5.41) is 7.01. The molecule has 0 aromatic carbocycles. The van der Waals surface area contributed by atoms with Crippen LogP contribution in [0.4, 0.5) is 0 Å². The van der Waals surface area contributed by atoms with E-state index in [4.69, 9.17) is 17.0 Å². The van der Waals surface area contributed by atoms with Crippen molar-refractivity contribution in [2.45, 2.75) is 13.3 Å². The summed E-state index contributed by atoms with van der Waals surface area (Å²) in [4.78, 5) is 12.9. The molecule has 0 atom stereocenters. The Morgan fingerprint density at radius 3 is 2.95 bits per heavy atom. The van der Waals surface area contributed by atoms with Gasteiger partial charge in [-0.25, -0.2) is 0 Å². The minimum absolute atomic E-state index is 0.216. The zero-order valence-corrected chi connectivity index (χ0v) is 14.1. The Hall–Kier alpha value is -1.44. The molecule has 0 bridgehead atoms. The van der Waals surface area contributed by atoms with Crippen molar-refractivity contribution in [1.82, 2.24) is 15.8 Å². The standard InChI is InChI=1S/C14H21N3O2S2/c1-11-7-10-21-12(11)5-6-13(18)16-17(2)14(20)15-8-4-9-19-3/h5-7,10H,4,8-9H2,1-3H3,(H,15,20)(H,16,18)/b6-5+. The van der Waals surface area contributed by atoms with Gasteiger partial charge >= 0.3 is 0 Å². The van der Waals surface area contributed by atoms with Crippen LogP contribution in [0, 0.1) is 6.92 Å². The lowest BCUT2D eigenvalue weighted by atomic mass is 10.3. The topological polar surface area (TPSA) is 53.6 Å². The smallest absolute Gasteiger partial charge is 0.262 e. The molecule has 1 heterocycles. The maximum Gasteiger partial charge on any atom is 0.262 e. The van der Waals surface area contributed by atoms with Gasteiger partial charge in [0.05, 0.1) is 0 Å². The fourth-order valence-electron chi connectivity index (χ4n) is 1.49. The fourth-order valence-corrected chi connectivity index (χ4v) is 2.46. The summed E-state index contributed by atoms with van der Waals surface area (Å²) >= 11 is 6.77. The van der Waals surface area contributed by atoms with Crippen molar-refractivity contribution in [3.05, 3.63) is 28.0 Å². The second-order valence-corrected chi connectivity index (χ2v) is 5.75. The van der Waals surface area contributed by atoms with Gasteiger partial charge in [-0.1, -0.05) is 0 Å². The van der Waals surface area contributed by atoms with Gasteiger partial charge < -0.3 is 10.1 Å². The van der Waals surface area contributed by atoms with Crippen LogP contribution in [0.5, 0.6) is 0 Å². The third kappa shape index (κ3) is 6.70. The molecule has 0 saturated carbocycles. The molecule has 21 heavy (non-hydrogen) atoms. The molecule has 0 saturated heterocycles. The van der Waals surface area contributed by atoms with Gasteiger partial charge in [0, 0.05) is 38.3 Å². The van der Waals surface area contributed by atoms with Gasteiger partial charge in [-0.05, 0) is 48.6 Å². The first-order chi connectivity index (χ1) is 10.0. The third-order valence-electron chi connectivity index (χ3n) is 2.67. The highest BCUT2D eigenvalue weighted by atomic mass is 32.1. The van der Waals surface area contributed by atoms with E-state index in [0.29, 0.717) is 18.3 Å². The molecule has 0 aliphatic rings. The van der Waals surface area contributed by atoms with E-state index in [9.17, 15) is 4.79 Å². The average Bonchev–Trinajstić information content (AvgIpc) is 2.86. The maximum atomic E-state index is 11.8. The van der Waals surface area contributed by atoms with Gasteiger partial charge in [0.15, 0.2) is 5.11 Å². The van der Waals surface area contributed by atoms with Crippen LogP contribution >= 0.6 is 23.6 Å². The van der Waals surface area contributed by atoms with Crippen LogP contribution in [-0.2, 0) is 9.53 Å². The lowest BCUT2D eigenvalue weighted by Crippen LogP contribution is -2.47. The number of aryl methyl sites for hydroxylation is 1. The van der Waals surface area contributed by atoms with Crippen LogP contribution in [0.1, 0.15) is 16.9 Å². The molecule has 1 aromatic heterocycles. The number of nitrogens with zero attached hydrogens (tertiary/aromatic N) is 1. The molecule has 0 spiro atoms. The first-order valence-electron chi connectivity index (χ1n) is 6.58. The predicted octanol–water partition coefficient (Wildman–Crippen LogP) is 1.94. The van der Waals surface area contributed by atoms with E-state index >= 15 is 0 Å². The Kier molecular flexibility index (Phi) is 7.96. The highest BCUT2D eigenvalue weighted by Gasteiger charge is 2.05. The monoisotopic (exact) mass is 327 g/mol. The number of ether oxygens (including phenoxy) is 1. The number of methoxy groups -OCH3 is 1. The molecule has 2 N–H and O–H groups in total. The Balaban J connectivity index is 2.34.